The Morgan fingerprint density at radius 2 is 1.77 bits per heavy atom. The van der Waals surface area contributed by atoms with Crippen molar-refractivity contribution in [3.63, 3.8) is 0 Å². The summed E-state index contributed by atoms with van der Waals surface area (Å²) in [6.45, 7) is 2.89. The molecule has 0 aliphatic rings. The van der Waals surface area contributed by atoms with Crippen LogP contribution in [-0.2, 0) is 6.42 Å². The van der Waals surface area contributed by atoms with Crippen LogP contribution in [0, 0.1) is 0 Å². The Labute approximate surface area is 137 Å². The first-order valence-corrected chi connectivity index (χ1v) is 7.82. The molecule has 22 heavy (non-hydrogen) atoms. The van der Waals surface area contributed by atoms with E-state index >= 15 is 0 Å². The molecule has 0 fully saturated rings. The first-order chi connectivity index (χ1) is 10.7. The zero-order valence-corrected chi connectivity index (χ0v) is 13.8. The summed E-state index contributed by atoms with van der Waals surface area (Å²) >= 11 is 5.36. The van der Waals surface area contributed by atoms with Gasteiger partial charge in [0.2, 0.25) is 0 Å². The average molecular weight is 314 g/mol. The van der Waals surface area contributed by atoms with E-state index in [2.05, 4.69) is 41.8 Å². The van der Waals surface area contributed by atoms with E-state index in [1.807, 2.05) is 30.3 Å². The third-order valence-electron chi connectivity index (χ3n) is 3.50. The smallest absolute Gasteiger partial charge is 0.166 e. The topological polar surface area (TPSA) is 33.3 Å². The molecule has 0 aromatic heterocycles. The van der Waals surface area contributed by atoms with E-state index in [9.17, 15) is 0 Å². The Morgan fingerprint density at radius 1 is 1.09 bits per heavy atom. The maximum atomic E-state index is 5.38. The van der Waals surface area contributed by atoms with Gasteiger partial charge in [-0.25, -0.2) is 0 Å². The number of thiocarbonyl (C=S) groups is 1. The van der Waals surface area contributed by atoms with E-state index in [0.29, 0.717) is 5.11 Å². The maximum Gasteiger partial charge on any atom is 0.166 e. The molecule has 2 N–H and O–H groups in total. The summed E-state index contributed by atoms with van der Waals surface area (Å²) in [5.41, 5.74) is 2.40. The van der Waals surface area contributed by atoms with Crippen molar-refractivity contribution in [2.45, 2.75) is 19.4 Å². The molecule has 0 aliphatic carbocycles. The molecule has 0 saturated carbocycles. The highest BCUT2D eigenvalue weighted by Gasteiger charge is 2.11. The van der Waals surface area contributed by atoms with Crippen molar-refractivity contribution in [1.82, 2.24) is 10.6 Å². The summed E-state index contributed by atoms with van der Waals surface area (Å²) in [5.74, 6) is 0.870. The van der Waals surface area contributed by atoms with Crippen LogP contribution in [0.4, 0.5) is 0 Å². The third-order valence-corrected chi connectivity index (χ3v) is 3.76. The van der Waals surface area contributed by atoms with Gasteiger partial charge in [-0.2, -0.15) is 0 Å². The van der Waals surface area contributed by atoms with Crippen LogP contribution >= 0.6 is 12.2 Å². The van der Waals surface area contributed by atoms with Gasteiger partial charge in [0.05, 0.1) is 13.2 Å². The Hall–Kier alpha value is -2.07. The number of para-hydroxylation sites is 1. The molecule has 0 saturated heterocycles. The van der Waals surface area contributed by atoms with Gasteiger partial charge in [0.1, 0.15) is 5.75 Å². The van der Waals surface area contributed by atoms with Crippen LogP contribution in [0.5, 0.6) is 5.75 Å². The Bertz CT molecular complexity index is 601. The minimum Gasteiger partial charge on any atom is -0.496 e. The maximum absolute atomic E-state index is 5.38. The molecule has 4 heteroatoms. The molecule has 2 aromatic rings. The second-order valence-corrected chi connectivity index (χ2v) is 5.51. The summed E-state index contributed by atoms with van der Waals surface area (Å²) < 4.78 is 5.38. The predicted molar refractivity (Wildman–Crippen MR) is 95.3 cm³/mol. The second kappa shape index (κ2) is 8.39. The van der Waals surface area contributed by atoms with Crippen LogP contribution in [0.1, 0.15) is 24.1 Å². The summed E-state index contributed by atoms with van der Waals surface area (Å²) in [4.78, 5) is 0. The lowest BCUT2D eigenvalue weighted by Crippen LogP contribution is -2.37. The van der Waals surface area contributed by atoms with Gasteiger partial charge in [-0.1, -0.05) is 48.5 Å². The number of hydrogen-bond donors (Lipinski definition) is 2. The zero-order chi connectivity index (χ0) is 15.8. The van der Waals surface area contributed by atoms with Crippen molar-refractivity contribution in [3.05, 3.63) is 65.7 Å². The van der Waals surface area contributed by atoms with E-state index in [-0.39, 0.29) is 6.04 Å². The van der Waals surface area contributed by atoms with Crippen LogP contribution in [0.2, 0.25) is 0 Å². The van der Waals surface area contributed by atoms with Crippen LogP contribution in [0.15, 0.2) is 54.6 Å². The lowest BCUT2D eigenvalue weighted by molar-refractivity contribution is 0.405. The van der Waals surface area contributed by atoms with Crippen LogP contribution in [-0.4, -0.2) is 18.8 Å². The van der Waals surface area contributed by atoms with Crippen molar-refractivity contribution in [1.29, 1.82) is 0 Å². The highest BCUT2D eigenvalue weighted by atomic mass is 32.1. The van der Waals surface area contributed by atoms with E-state index in [1.54, 1.807) is 7.11 Å². The first kappa shape index (κ1) is 16.3. The summed E-state index contributed by atoms with van der Waals surface area (Å²) in [6.07, 6.45) is 0.950. The zero-order valence-electron chi connectivity index (χ0n) is 13.0. The van der Waals surface area contributed by atoms with Crippen LogP contribution in [0.25, 0.3) is 0 Å². The molecule has 0 bridgehead atoms. The summed E-state index contributed by atoms with van der Waals surface area (Å²) in [7, 11) is 1.68. The fraction of sp³-hybridized carbons (Fsp3) is 0.278. The molecule has 1 atom stereocenters. The monoisotopic (exact) mass is 314 g/mol. The highest BCUT2D eigenvalue weighted by molar-refractivity contribution is 7.80. The molecule has 0 amide bonds. The minimum absolute atomic E-state index is 0.0906. The van der Waals surface area contributed by atoms with Crippen molar-refractivity contribution >= 4 is 17.3 Å². The van der Waals surface area contributed by atoms with Crippen molar-refractivity contribution in [2.24, 2.45) is 0 Å². The molecule has 2 aromatic carbocycles. The van der Waals surface area contributed by atoms with Crippen LogP contribution in [0.3, 0.4) is 0 Å². The Balaban J connectivity index is 1.81. The third kappa shape index (κ3) is 4.74. The molecule has 116 valence electrons. The fourth-order valence-corrected chi connectivity index (χ4v) is 2.59. The molecule has 3 nitrogen and oxygen atoms in total. The molecular formula is C18H22N2OS. The Morgan fingerprint density at radius 3 is 2.50 bits per heavy atom. The van der Waals surface area contributed by atoms with Gasteiger partial charge < -0.3 is 15.4 Å². The molecular weight excluding hydrogens is 292 g/mol. The number of rotatable bonds is 6. The molecule has 0 heterocycles. The number of hydrogen-bond acceptors (Lipinski definition) is 2. The van der Waals surface area contributed by atoms with E-state index in [4.69, 9.17) is 17.0 Å². The van der Waals surface area contributed by atoms with Gasteiger partial charge in [-0.05, 0) is 37.2 Å². The SMILES string of the molecule is COc1ccccc1[C@H](C)NC(=S)NCCc1ccccc1. The van der Waals surface area contributed by atoms with E-state index in [1.165, 1.54) is 5.56 Å². The van der Waals surface area contributed by atoms with Gasteiger partial charge in [0, 0.05) is 12.1 Å². The van der Waals surface area contributed by atoms with Crippen molar-refractivity contribution in [2.75, 3.05) is 13.7 Å². The number of benzene rings is 2. The quantitative estimate of drug-likeness (QED) is 0.800. The number of nitrogens with one attached hydrogen (secondary N) is 2. The lowest BCUT2D eigenvalue weighted by atomic mass is 10.1. The van der Waals surface area contributed by atoms with Gasteiger partial charge in [0.15, 0.2) is 5.11 Å². The highest BCUT2D eigenvalue weighted by Crippen LogP contribution is 2.24. The molecule has 0 spiro atoms. The van der Waals surface area contributed by atoms with Crippen molar-refractivity contribution < 1.29 is 4.74 Å². The number of ether oxygens (including phenoxy) is 1. The minimum atomic E-state index is 0.0906. The van der Waals surface area contributed by atoms with E-state index < -0.39 is 0 Å². The summed E-state index contributed by atoms with van der Waals surface area (Å²) in [6, 6.07) is 18.4. The first-order valence-electron chi connectivity index (χ1n) is 7.42. The van der Waals surface area contributed by atoms with Gasteiger partial charge in [-0.3, -0.25) is 0 Å². The standard InChI is InChI=1S/C18H22N2OS/c1-14(16-10-6-7-11-17(16)21-2)20-18(22)19-13-12-15-8-4-3-5-9-15/h3-11,14H,12-13H2,1-2H3,(H2,19,20,22)/t14-/m0/s1. The lowest BCUT2D eigenvalue weighted by Gasteiger charge is -2.19. The van der Waals surface area contributed by atoms with Gasteiger partial charge >= 0.3 is 0 Å². The van der Waals surface area contributed by atoms with Crippen LogP contribution < -0.4 is 15.4 Å². The van der Waals surface area contributed by atoms with Gasteiger partial charge in [-0.15, -0.1) is 0 Å². The van der Waals surface area contributed by atoms with E-state index in [0.717, 1.165) is 24.3 Å². The summed E-state index contributed by atoms with van der Waals surface area (Å²) in [5, 5.41) is 7.21. The van der Waals surface area contributed by atoms with Crippen molar-refractivity contribution in [3.8, 4) is 5.75 Å². The Kier molecular flexibility index (Phi) is 6.22. The molecule has 0 unspecified atom stereocenters. The largest absolute Gasteiger partial charge is 0.496 e. The number of methoxy groups -OCH3 is 1. The van der Waals surface area contributed by atoms with Gasteiger partial charge in [0.25, 0.3) is 0 Å². The second-order valence-electron chi connectivity index (χ2n) is 5.10. The fourth-order valence-electron chi connectivity index (χ4n) is 2.31. The molecule has 2 rings (SSSR count). The predicted octanol–water partition coefficient (Wildman–Crippen LogP) is 3.46. The molecule has 0 radical (unpaired) electrons. The average Bonchev–Trinajstić information content (AvgIpc) is 2.55. The normalized spacial score (nSPS) is 11.5. The molecule has 0 aliphatic heterocycles.